The summed E-state index contributed by atoms with van der Waals surface area (Å²) in [5.74, 6) is 0.957. The SMILES string of the molecule is Cc1ccc(-c2noc(CNc3cc(S(C)(=O)=O)ccc3C)n2)cc1. The molecule has 25 heavy (non-hydrogen) atoms. The number of nitrogens with one attached hydrogen (secondary N) is 1. The van der Waals surface area contributed by atoms with Gasteiger partial charge < -0.3 is 9.84 Å². The molecule has 0 aliphatic heterocycles. The summed E-state index contributed by atoms with van der Waals surface area (Å²) in [6.45, 7) is 4.23. The summed E-state index contributed by atoms with van der Waals surface area (Å²) < 4.78 is 28.6. The van der Waals surface area contributed by atoms with Crippen molar-refractivity contribution in [3.63, 3.8) is 0 Å². The zero-order valence-electron chi connectivity index (χ0n) is 14.3. The third-order valence-corrected chi connectivity index (χ3v) is 4.96. The molecule has 6 nitrogen and oxygen atoms in total. The molecule has 3 aromatic rings. The lowest BCUT2D eigenvalue weighted by atomic mass is 10.1. The van der Waals surface area contributed by atoms with Crippen LogP contribution in [0.1, 0.15) is 17.0 Å². The number of aromatic nitrogens is 2. The van der Waals surface area contributed by atoms with Gasteiger partial charge in [-0.2, -0.15) is 4.98 Å². The summed E-state index contributed by atoms with van der Waals surface area (Å²) in [6, 6.07) is 12.8. The first-order valence-corrected chi connectivity index (χ1v) is 9.66. The van der Waals surface area contributed by atoms with Crippen molar-refractivity contribution in [3.8, 4) is 11.4 Å². The molecule has 0 aliphatic rings. The molecule has 0 atom stereocenters. The molecule has 0 unspecified atom stereocenters. The van der Waals surface area contributed by atoms with Crippen molar-refractivity contribution in [2.24, 2.45) is 0 Å². The maximum absolute atomic E-state index is 11.7. The van der Waals surface area contributed by atoms with Crippen LogP contribution in [-0.2, 0) is 16.4 Å². The van der Waals surface area contributed by atoms with Crippen LogP contribution in [0, 0.1) is 13.8 Å². The average Bonchev–Trinajstić information content (AvgIpc) is 3.02. The summed E-state index contributed by atoms with van der Waals surface area (Å²) >= 11 is 0. The normalized spacial score (nSPS) is 11.5. The van der Waals surface area contributed by atoms with Crippen LogP contribution in [-0.4, -0.2) is 24.8 Å². The van der Waals surface area contributed by atoms with Crippen LogP contribution in [0.3, 0.4) is 0 Å². The van der Waals surface area contributed by atoms with Crippen molar-refractivity contribution < 1.29 is 12.9 Å². The van der Waals surface area contributed by atoms with Gasteiger partial charge in [0.15, 0.2) is 9.84 Å². The summed E-state index contributed by atoms with van der Waals surface area (Å²) in [5, 5.41) is 7.14. The number of sulfone groups is 1. The number of hydrogen-bond acceptors (Lipinski definition) is 6. The van der Waals surface area contributed by atoms with E-state index in [2.05, 4.69) is 15.5 Å². The first-order valence-electron chi connectivity index (χ1n) is 7.77. The van der Waals surface area contributed by atoms with E-state index in [0.717, 1.165) is 22.4 Å². The molecule has 130 valence electrons. The van der Waals surface area contributed by atoms with Gasteiger partial charge in [-0.15, -0.1) is 0 Å². The molecule has 0 spiro atoms. The van der Waals surface area contributed by atoms with E-state index in [-0.39, 0.29) is 4.90 Å². The number of aryl methyl sites for hydroxylation is 2. The predicted molar refractivity (Wildman–Crippen MR) is 96.1 cm³/mol. The van der Waals surface area contributed by atoms with Crippen LogP contribution in [0.2, 0.25) is 0 Å². The quantitative estimate of drug-likeness (QED) is 0.753. The smallest absolute Gasteiger partial charge is 0.246 e. The standard InChI is InChI=1S/C18H19N3O3S/c1-12-4-7-14(8-5-12)18-20-17(24-21-18)11-19-16-10-15(25(3,22)23)9-6-13(16)2/h4-10,19H,11H2,1-3H3. The first kappa shape index (κ1) is 17.2. The Kier molecular flexibility index (Phi) is 4.59. The minimum absolute atomic E-state index is 0.270. The second kappa shape index (κ2) is 6.68. The number of nitrogens with zero attached hydrogens (tertiary/aromatic N) is 2. The molecule has 0 saturated heterocycles. The Bertz CT molecular complexity index is 993. The minimum atomic E-state index is -3.25. The molecule has 1 N–H and O–H groups in total. The Balaban J connectivity index is 1.75. The molecule has 0 radical (unpaired) electrons. The van der Waals surface area contributed by atoms with Gasteiger partial charge in [-0.05, 0) is 31.5 Å². The lowest BCUT2D eigenvalue weighted by Crippen LogP contribution is -2.04. The zero-order valence-corrected chi connectivity index (χ0v) is 15.1. The van der Waals surface area contributed by atoms with Gasteiger partial charge in [-0.25, -0.2) is 8.42 Å². The van der Waals surface area contributed by atoms with Crippen LogP contribution >= 0.6 is 0 Å². The van der Waals surface area contributed by atoms with Gasteiger partial charge in [0, 0.05) is 17.5 Å². The maximum atomic E-state index is 11.7. The fourth-order valence-electron chi connectivity index (χ4n) is 2.34. The molecule has 0 bridgehead atoms. The van der Waals surface area contributed by atoms with Crippen LogP contribution in [0.4, 0.5) is 5.69 Å². The van der Waals surface area contributed by atoms with Gasteiger partial charge >= 0.3 is 0 Å². The Morgan fingerprint density at radius 1 is 1.08 bits per heavy atom. The highest BCUT2D eigenvalue weighted by molar-refractivity contribution is 7.90. The summed E-state index contributed by atoms with van der Waals surface area (Å²) in [5.41, 5.74) is 3.70. The van der Waals surface area contributed by atoms with Crippen molar-refractivity contribution in [1.82, 2.24) is 10.1 Å². The molecular weight excluding hydrogens is 338 g/mol. The average molecular weight is 357 g/mol. The number of hydrogen-bond donors (Lipinski definition) is 1. The molecule has 0 amide bonds. The Morgan fingerprint density at radius 3 is 2.48 bits per heavy atom. The number of rotatable bonds is 5. The zero-order chi connectivity index (χ0) is 18.0. The van der Waals surface area contributed by atoms with Crippen LogP contribution in [0.5, 0.6) is 0 Å². The lowest BCUT2D eigenvalue weighted by Gasteiger charge is -2.09. The van der Waals surface area contributed by atoms with Gasteiger partial charge in [0.2, 0.25) is 11.7 Å². The van der Waals surface area contributed by atoms with E-state index < -0.39 is 9.84 Å². The van der Waals surface area contributed by atoms with E-state index in [0.29, 0.717) is 18.3 Å². The summed E-state index contributed by atoms with van der Waals surface area (Å²) in [6.07, 6.45) is 1.19. The fraction of sp³-hybridized carbons (Fsp3) is 0.222. The Hall–Kier alpha value is -2.67. The second-order valence-electron chi connectivity index (χ2n) is 5.98. The molecule has 3 rings (SSSR count). The van der Waals surface area contributed by atoms with Gasteiger partial charge in [-0.3, -0.25) is 0 Å². The van der Waals surface area contributed by atoms with E-state index >= 15 is 0 Å². The van der Waals surface area contributed by atoms with E-state index in [1.54, 1.807) is 18.2 Å². The molecule has 1 heterocycles. The second-order valence-corrected chi connectivity index (χ2v) is 8.00. The molecule has 0 aliphatic carbocycles. The van der Waals surface area contributed by atoms with Crippen molar-refractivity contribution in [3.05, 3.63) is 59.5 Å². The first-order chi connectivity index (χ1) is 11.8. The fourth-order valence-corrected chi connectivity index (χ4v) is 2.99. The topological polar surface area (TPSA) is 85.1 Å². The Morgan fingerprint density at radius 2 is 1.80 bits per heavy atom. The monoisotopic (exact) mass is 357 g/mol. The highest BCUT2D eigenvalue weighted by Crippen LogP contribution is 2.21. The lowest BCUT2D eigenvalue weighted by molar-refractivity contribution is 0.384. The molecular formula is C18H19N3O3S. The Labute approximate surface area is 146 Å². The predicted octanol–water partition coefficient (Wildman–Crippen LogP) is 3.37. The van der Waals surface area contributed by atoms with Crippen molar-refractivity contribution in [2.45, 2.75) is 25.3 Å². The number of benzene rings is 2. The van der Waals surface area contributed by atoms with Gasteiger partial charge in [0.05, 0.1) is 11.4 Å². The van der Waals surface area contributed by atoms with Crippen LogP contribution in [0.25, 0.3) is 11.4 Å². The van der Waals surface area contributed by atoms with E-state index in [9.17, 15) is 8.42 Å². The minimum Gasteiger partial charge on any atom is -0.376 e. The molecule has 2 aromatic carbocycles. The van der Waals surface area contributed by atoms with E-state index in [4.69, 9.17) is 4.52 Å². The van der Waals surface area contributed by atoms with Gasteiger partial charge in [0.1, 0.15) is 0 Å². The van der Waals surface area contributed by atoms with Crippen LogP contribution < -0.4 is 5.32 Å². The van der Waals surface area contributed by atoms with Gasteiger partial charge in [-0.1, -0.05) is 41.1 Å². The molecule has 0 fully saturated rings. The molecule has 1 aromatic heterocycles. The number of anilines is 1. The van der Waals surface area contributed by atoms with Crippen molar-refractivity contribution in [2.75, 3.05) is 11.6 Å². The molecule has 0 saturated carbocycles. The highest BCUT2D eigenvalue weighted by atomic mass is 32.2. The van der Waals surface area contributed by atoms with Crippen LogP contribution in [0.15, 0.2) is 51.9 Å². The van der Waals surface area contributed by atoms with Crippen molar-refractivity contribution >= 4 is 15.5 Å². The van der Waals surface area contributed by atoms with Crippen molar-refractivity contribution in [1.29, 1.82) is 0 Å². The summed E-state index contributed by atoms with van der Waals surface area (Å²) in [4.78, 5) is 4.64. The third kappa shape index (κ3) is 4.06. The van der Waals surface area contributed by atoms with E-state index in [1.807, 2.05) is 38.1 Å². The van der Waals surface area contributed by atoms with E-state index in [1.165, 1.54) is 6.26 Å². The summed E-state index contributed by atoms with van der Waals surface area (Å²) in [7, 11) is -3.25. The highest BCUT2D eigenvalue weighted by Gasteiger charge is 2.11. The maximum Gasteiger partial charge on any atom is 0.246 e. The van der Waals surface area contributed by atoms with Gasteiger partial charge in [0.25, 0.3) is 0 Å². The largest absolute Gasteiger partial charge is 0.376 e. The molecule has 7 heteroatoms. The third-order valence-electron chi connectivity index (χ3n) is 3.85.